The topological polar surface area (TPSA) is 31.6 Å². The molecule has 4 aromatic rings. The van der Waals surface area contributed by atoms with Gasteiger partial charge in [0.2, 0.25) is 0 Å². The molecule has 0 amide bonds. The smallest absolute Gasteiger partial charge is 0.141 e. The molecule has 0 atom stereocenters. The number of hydrogen-bond donors (Lipinski definition) is 2. The van der Waals surface area contributed by atoms with E-state index in [1.54, 1.807) is 30.5 Å². The quantitative estimate of drug-likeness (QED) is 0.512. The van der Waals surface area contributed by atoms with E-state index in [9.17, 15) is 8.78 Å². The molecule has 0 fully saturated rings. The van der Waals surface area contributed by atoms with E-state index in [4.69, 9.17) is 0 Å². The van der Waals surface area contributed by atoms with Crippen LogP contribution < -0.4 is 0 Å². The average molecular weight is 267 g/mol. The Morgan fingerprint density at radius 1 is 1.00 bits per heavy atom. The number of aromatic amines is 2. The first-order valence-electron chi connectivity index (χ1n) is 6.18. The number of hydrogen-bond acceptors (Lipinski definition) is 0. The van der Waals surface area contributed by atoms with Crippen LogP contribution in [0.1, 0.15) is 0 Å². The van der Waals surface area contributed by atoms with Gasteiger partial charge in [0.25, 0.3) is 0 Å². The molecule has 2 nitrogen and oxygen atoms in total. The first-order chi connectivity index (χ1) is 9.72. The molecule has 1 radical (unpaired) electrons. The molecular formula is C16H9F2N2. The molecule has 2 heterocycles. The SMILES string of the molecule is Fc1[c]cc2cc(-c3ccc4[nH]ccc4c3F)[nH]c2c1. The third-order valence-corrected chi connectivity index (χ3v) is 3.48. The van der Waals surface area contributed by atoms with E-state index in [2.05, 4.69) is 16.0 Å². The van der Waals surface area contributed by atoms with E-state index >= 15 is 0 Å². The third kappa shape index (κ3) is 1.54. The van der Waals surface area contributed by atoms with Gasteiger partial charge in [0.1, 0.15) is 11.6 Å². The van der Waals surface area contributed by atoms with E-state index in [1.165, 1.54) is 6.07 Å². The van der Waals surface area contributed by atoms with Crippen molar-refractivity contribution >= 4 is 21.8 Å². The van der Waals surface area contributed by atoms with E-state index < -0.39 is 5.82 Å². The number of halogens is 2. The van der Waals surface area contributed by atoms with Crippen molar-refractivity contribution < 1.29 is 8.78 Å². The summed E-state index contributed by atoms with van der Waals surface area (Å²) in [6.45, 7) is 0. The highest BCUT2D eigenvalue weighted by atomic mass is 19.1. The van der Waals surface area contributed by atoms with Crippen molar-refractivity contribution in [1.82, 2.24) is 9.97 Å². The molecule has 0 unspecified atom stereocenters. The Morgan fingerprint density at radius 2 is 1.90 bits per heavy atom. The van der Waals surface area contributed by atoms with Gasteiger partial charge >= 0.3 is 0 Å². The maximum atomic E-state index is 14.5. The van der Waals surface area contributed by atoms with Crippen molar-refractivity contribution in [3.63, 3.8) is 0 Å². The maximum Gasteiger partial charge on any atom is 0.141 e. The Balaban J connectivity index is 1.98. The Labute approximate surface area is 113 Å². The predicted molar refractivity (Wildman–Crippen MR) is 74.3 cm³/mol. The summed E-state index contributed by atoms with van der Waals surface area (Å²) in [5, 5.41) is 1.34. The number of nitrogens with one attached hydrogen (secondary N) is 2. The molecule has 0 aliphatic heterocycles. The summed E-state index contributed by atoms with van der Waals surface area (Å²) in [6, 6.07) is 12.4. The first-order valence-corrected chi connectivity index (χ1v) is 6.18. The van der Waals surface area contributed by atoms with Crippen LogP contribution in [0.5, 0.6) is 0 Å². The summed E-state index contributed by atoms with van der Waals surface area (Å²) in [7, 11) is 0. The molecule has 2 N–H and O–H groups in total. The summed E-state index contributed by atoms with van der Waals surface area (Å²) in [6.07, 6.45) is 1.70. The van der Waals surface area contributed by atoms with Gasteiger partial charge < -0.3 is 9.97 Å². The maximum absolute atomic E-state index is 14.5. The number of rotatable bonds is 1. The number of H-pyrrole nitrogens is 2. The predicted octanol–water partition coefficient (Wildman–Crippen LogP) is 4.39. The fourth-order valence-corrected chi connectivity index (χ4v) is 2.49. The van der Waals surface area contributed by atoms with Crippen LogP contribution in [0.15, 0.2) is 42.6 Å². The fourth-order valence-electron chi connectivity index (χ4n) is 2.49. The second-order valence-corrected chi connectivity index (χ2v) is 4.70. The lowest BCUT2D eigenvalue weighted by Crippen LogP contribution is -1.85. The van der Waals surface area contributed by atoms with Crippen molar-refractivity contribution in [2.45, 2.75) is 0 Å². The van der Waals surface area contributed by atoms with E-state index in [1.807, 2.05) is 6.07 Å². The van der Waals surface area contributed by atoms with Crippen molar-refractivity contribution in [3.8, 4) is 11.3 Å². The first kappa shape index (κ1) is 11.2. The van der Waals surface area contributed by atoms with E-state index in [0.29, 0.717) is 22.2 Å². The summed E-state index contributed by atoms with van der Waals surface area (Å²) in [5.41, 5.74) is 2.47. The lowest BCUT2D eigenvalue weighted by molar-refractivity contribution is 0.627. The molecule has 4 rings (SSSR count). The largest absolute Gasteiger partial charge is 0.361 e. The van der Waals surface area contributed by atoms with E-state index in [0.717, 1.165) is 10.9 Å². The molecule has 4 heteroatoms. The minimum absolute atomic E-state index is 0.292. The monoisotopic (exact) mass is 267 g/mol. The van der Waals surface area contributed by atoms with E-state index in [-0.39, 0.29) is 5.82 Å². The standard InChI is InChI=1S/C16H9F2N2/c17-10-2-1-9-7-15(20-14(9)8-10)11-3-4-13-12(16(11)18)5-6-19-13/h1,3-8,19-20H. The zero-order chi connectivity index (χ0) is 13.7. The highest BCUT2D eigenvalue weighted by Crippen LogP contribution is 2.30. The number of fused-ring (bicyclic) bond motifs is 2. The Kier molecular flexibility index (Phi) is 2.21. The molecule has 0 aliphatic carbocycles. The van der Waals surface area contributed by atoms with Crippen LogP contribution >= 0.6 is 0 Å². The van der Waals surface area contributed by atoms with Gasteiger partial charge in [0.15, 0.2) is 0 Å². The zero-order valence-corrected chi connectivity index (χ0v) is 10.3. The van der Waals surface area contributed by atoms with Gasteiger partial charge in [-0.25, -0.2) is 8.78 Å². The molecule has 2 aromatic carbocycles. The van der Waals surface area contributed by atoms with Gasteiger partial charge in [-0.15, -0.1) is 0 Å². The number of aromatic nitrogens is 2. The van der Waals surface area contributed by atoms with Crippen molar-refractivity contribution in [1.29, 1.82) is 0 Å². The lowest BCUT2D eigenvalue weighted by atomic mass is 10.1. The minimum atomic E-state index is -0.438. The summed E-state index contributed by atoms with van der Waals surface area (Å²) >= 11 is 0. The molecular weight excluding hydrogens is 258 g/mol. The van der Waals surface area contributed by atoms with Crippen LogP contribution in [0.4, 0.5) is 8.78 Å². The number of benzene rings is 2. The summed E-state index contributed by atoms with van der Waals surface area (Å²) in [4.78, 5) is 6.01. The summed E-state index contributed by atoms with van der Waals surface area (Å²) in [5.74, 6) is -0.729. The molecule has 0 saturated heterocycles. The third-order valence-electron chi connectivity index (χ3n) is 3.48. The second kappa shape index (κ2) is 3.93. The van der Waals surface area contributed by atoms with Gasteiger partial charge in [-0.3, -0.25) is 0 Å². The molecule has 0 saturated carbocycles. The molecule has 0 spiro atoms. The minimum Gasteiger partial charge on any atom is -0.361 e. The van der Waals surface area contributed by atoms with Crippen LogP contribution in [0.2, 0.25) is 0 Å². The van der Waals surface area contributed by atoms with Gasteiger partial charge in [-0.2, -0.15) is 0 Å². The van der Waals surface area contributed by atoms with Crippen LogP contribution in [-0.2, 0) is 0 Å². The van der Waals surface area contributed by atoms with Crippen LogP contribution in [-0.4, -0.2) is 9.97 Å². The normalized spacial score (nSPS) is 11.5. The van der Waals surface area contributed by atoms with Gasteiger partial charge in [-0.05, 0) is 36.4 Å². The highest BCUT2D eigenvalue weighted by Gasteiger charge is 2.12. The van der Waals surface area contributed by atoms with Gasteiger partial charge in [0.05, 0.1) is 0 Å². The molecule has 97 valence electrons. The molecule has 0 aliphatic rings. The molecule has 2 aromatic heterocycles. The highest BCUT2D eigenvalue weighted by molar-refractivity contribution is 5.90. The fraction of sp³-hybridized carbons (Fsp3) is 0. The average Bonchev–Trinajstić information content (AvgIpc) is 3.04. The summed E-state index contributed by atoms with van der Waals surface area (Å²) < 4.78 is 27.6. The molecule has 0 bridgehead atoms. The zero-order valence-electron chi connectivity index (χ0n) is 10.3. The Morgan fingerprint density at radius 3 is 2.80 bits per heavy atom. The lowest BCUT2D eigenvalue weighted by Gasteiger charge is -2.01. The van der Waals surface area contributed by atoms with Gasteiger partial charge in [-0.1, -0.05) is 0 Å². The van der Waals surface area contributed by atoms with Crippen molar-refractivity contribution in [3.05, 3.63) is 60.3 Å². The van der Waals surface area contributed by atoms with Crippen LogP contribution in [0.25, 0.3) is 33.1 Å². The van der Waals surface area contributed by atoms with Crippen LogP contribution in [0, 0.1) is 17.7 Å². The van der Waals surface area contributed by atoms with Crippen molar-refractivity contribution in [2.24, 2.45) is 0 Å². The molecule has 20 heavy (non-hydrogen) atoms. The van der Waals surface area contributed by atoms with Crippen molar-refractivity contribution in [2.75, 3.05) is 0 Å². The second-order valence-electron chi connectivity index (χ2n) is 4.70. The van der Waals surface area contributed by atoms with Crippen LogP contribution in [0.3, 0.4) is 0 Å². The Bertz CT molecular complexity index is 934. The van der Waals surface area contributed by atoms with Gasteiger partial charge in [0, 0.05) is 45.3 Å². The Hall–Kier alpha value is -2.62.